The topological polar surface area (TPSA) is 40.1 Å². The highest BCUT2D eigenvalue weighted by atomic mass is 16.4. The molecule has 0 N–H and O–H groups in total. The predicted molar refractivity (Wildman–Crippen MR) is 68.7 cm³/mol. The van der Waals surface area contributed by atoms with Crippen molar-refractivity contribution in [3.63, 3.8) is 0 Å². The quantitative estimate of drug-likeness (QED) is 0.747. The molecule has 2 heteroatoms. The summed E-state index contributed by atoms with van der Waals surface area (Å²) in [5.41, 5.74) is 3.40. The van der Waals surface area contributed by atoms with E-state index in [0.717, 1.165) is 11.6 Å². The summed E-state index contributed by atoms with van der Waals surface area (Å²) in [4.78, 5) is 10.4. The molecule has 0 aliphatic heterocycles. The number of carboxylic acids is 1. The second-order valence-electron chi connectivity index (χ2n) is 4.85. The first-order chi connectivity index (χ1) is 7.91. The summed E-state index contributed by atoms with van der Waals surface area (Å²) in [6.45, 7) is 8.51. The van der Waals surface area contributed by atoms with Gasteiger partial charge >= 0.3 is 0 Å². The third-order valence-electron chi connectivity index (χ3n) is 2.80. The van der Waals surface area contributed by atoms with E-state index in [2.05, 4.69) is 33.8 Å². The summed E-state index contributed by atoms with van der Waals surface area (Å²) in [6, 6.07) is 6.18. The predicted octanol–water partition coefficient (Wildman–Crippen LogP) is 2.70. The van der Waals surface area contributed by atoms with Crippen molar-refractivity contribution in [1.29, 1.82) is 0 Å². The van der Waals surface area contributed by atoms with E-state index in [0.29, 0.717) is 11.8 Å². The lowest BCUT2D eigenvalue weighted by molar-refractivity contribution is -0.297. The SMILES string of the molecule is CC(C)c1ccc(/C=C/C(=O)[O-])c(C(C)C)c1. The lowest BCUT2D eigenvalue weighted by atomic mass is 9.91. The van der Waals surface area contributed by atoms with Crippen LogP contribution in [0.2, 0.25) is 0 Å². The molecular formula is C15H19O2-. The number of carbonyl (C=O) groups excluding carboxylic acids is 1. The first-order valence-corrected chi connectivity index (χ1v) is 5.94. The summed E-state index contributed by atoms with van der Waals surface area (Å²) in [6.07, 6.45) is 2.69. The summed E-state index contributed by atoms with van der Waals surface area (Å²) in [5.74, 6) is -0.311. The van der Waals surface area contributed by atoms with Crippen LogP contribution in [0.25, 0.3) is 6.08 Å². The van der Waals surface area contributed by atoms with Gasteiger partial charge in [0.15, 0.2) is 0 Å². The highest BCUT2D eigenvalue weighted by Gasteiger charge is 2.07. The molecule has 0 radical (unpaired) electrons. The fourth-order valence-corrected chi connectivity index (χ4v) is 1.76. The highest BCUT2D eigenvalue weighted by molar-refractivity contribution is 5.84. The summed E-state index contributed by atoms with van der Waals surface area (Å²) in [5, 5.41) is 10.4. The van der Waals surface area contributed by atoms with Gasteiger partial charge in [-0.2, -0.15) is 0 Å². The maximum atomic E-state index is 10.4. The van der Waals surface area contributed by atoms with E-state index in [1.807, 2.05) is 12.1 Å². The van der Waals surface area contributed by atoms with Gasteiger partial charge in [-0.15, -0.1) is 0 Å². The molecule has 1 rings (SSSR count). The minimum Gasteiger partial charge on any atom is -0.545 e. The number of aliphatic carboxylic acids is 1. The third-order valence-corrected chi connectivity index (χ3v) is 2.80. The van der Waals surface area contributed by atoms with Gasteiger partial charge in [0.05, 0.1) is 5.97 Å². The van der Waals surface area contributed by atoms with Crippen molar-refractivity contribution in [2.24, 2.45) is 0 Å². The van der Waals surface area contributed by atoms with Crippen LogP contribution in [0.15, 0.2) is 24.3 Å². The van der Waals surface area contributed by atoms with E-state index in [-0.39, 0.29) is 0 Å². The average molecular weight is 231 g/mol. The Hall–Kier alpha value is -1.57. The Morgan fingerprint density at radius 3 is 2.29 bits per heavy atom. The van der Waals surface area contributed by atoms with Gasteiger partial charge in [0, 0.05) is 0 Å². The molecule has 0 heterocycles. The maximum absolute atomic E-state index is 10.4. The molecule has 17 heavy (non-hydrogen) atoms. The second kappa shape index (κ2) is 5.67. The Morgan fingerprint density at radius 2 is 1.82 bits per heavy atom. The number of carboxylic acid groups (broad SMARTS) is 1. The van der Waals surface area contributed by atoms with Crippen LogP contribution in [0, 0.1) is 0 Å². The van der Waals surface area contributed by atoms with Crippen molar-refractivity contribution in [2.75, 3.05) is 0 Å². The Morgan fingerprint density at radius 1 is 1.18 bits per heavy atom. The molecule has 1 aromatic rings. The lowest BCUT2D eigenvalue weighted by Crippen LogP contribution is -2.18. The van der Waals surface area contributed by atoms with Crippen LogP contribution >= 0.6 is 0 Å². The van der Waals surface area contributed by atoms with E-state index >= 15 is 0 Å². The fraction of sp³-hybridized carbons (Fsp3) is 0.400. The molecule has 0 atom stereocenters. The van der Waals surface area contributed by atoms with Gasteiger partial charge in [-0.3, -0.25) is 0 Å². The van der Waals surface area contributed by atoms with E-state index in [1.54, 1.807) is 6.08 Å². The van der Waals surface area contributed by atoms with Gasteiger partial charge in [0.1, 0.15) is 0 Å². The molecule has 92 valence electrons. The van der Waals surface area contributed by atoms with Gasteiger partial charge in [-0.1, -0.05) is 52.0 Å². The standard InChI is InChI=1S/C15H20O2/c1-10(2)13-6-5-12(7-8-15(16)17)14(9-13)11(3)4/h5-11H,1-4H3,(H,16,17)/p-1/b8-7+. The van der Waals surface area contributed by atoms with Crippen LogP contribution in [0.4, 0.5) is 0 Å². The zero-order valence-corrected chi connectivity index (χ0v) is 10.9. The molecule has 0 saturated carbocycles. The molecular weight excluding hydrogens is 212 g/mol. The Labute approximate surface area is 103 Å². The molecule has 2 nitrogen and oxygen atoms in total. The Kier molecular flexibility index (Phi) is 4.50. The Balaban J connectivity index is 3.17. The first-order valence-electron chi connectivity index (χ1n) is 5.94. The van der Waals surface area contributed by atoms with Crippen LogP contribution in [0.3, 0.4) is 0 Å². The zero-order valence-electron chi connectivity index (χ0n) is 10.9. The fourth-order valence-electron chi connectivity index (χ4n) is 1.76. The molecule has 0 fully saturated rings. The van der Waals surface area contributed by atoms with Gasteiger partial charge in [-0.25, -0.2) is 0 Å². The van der Waals surface area contributed by atoms with Crippen molar-refractivity contribution >= 4 is 12.0 Å². The molecule has 0 amide bonds. The van der Waals surface area contributed by atoms with Crippen LogP contribution in [0.1, 0.15) is 56.2 Å². The smallest absolute Gasteiger partial charge is 0.0643 e. The molecule has 0 aliphatic rings. The van der Waals surface area contributed by atoms with Crippen molar-refractivity contribution in [3.8, 4) is 0 Å². The van der Waals surface area contributed by atoms with Crippen molar-refractivity contribution in [2.45, 2.75) is 39.5 Å². The molecule has 0 unspecified atom stereocenters. The zero-order chi connectivity index (χ0) is 13.0. The largest absolute Gasteiger partial charge is 0.545 e. The summed E-state index contributed by atoms with van der Waals surface area (Å²) >= 11 is 0. The van der Waals surface area contributed by atoms with Gasteiger partial charge in [-0.05, 0) is 34.6 Å². The van der Waals surface area contributed by atoms with Crippen LogP contribution < -0.4 is 5.11 Å². The van der Waals surface area contributed by atoms with Crippen molar-refractivity contribution in [3.05, 3.63) is 41.0 Å². The minimum atomic E-state index is -1.16. The first kappa shape index (κ1) is 13.5. The summed E-state index contributed by atoms with van der Waals surface area (Å²) in [7, 11) is 0. The maximum Gasteiger partial charge on any atom is 0.0643 e. The molecule has 1 aromatic carbocycles. The van der Waals surface area contributed by atoms with E-state index in [4.69, 9.17) is 0 Å². The number of benzene rings is 1. The average Bonchev–Trinajstić information content (AvgIpc) is 2.25. The minimum absolute atomic E-state index is 0.370. The van der Waals surface area contributed by atoms with Crippen LogP contribution in [0.5, 0.6) is 0 Å². The molecule has 0 spiro atoms. The van der Waals surface area contributed by atoms with E-state index in [9.17, 15) is 9.90 Å². The molecule has 0 aromatic heterocycles. The normalized spacial score (nSPS) is 11.6. The highest BCUT2D eigenvalue weighted by Crippen LogP contribution is 2.25. The van der Waals surface area contributed by atoms with Crippen LogP contribution in [-0.2, 0) is 4.79 Å². The third kappa shape index (κ3) is 3.74. The van der Waals surface area contributed by atoms with Crippen molar-refractivity contribution in [1.82, 2.24) is 0 Å². The van der Waals surface area contributed by atoms with Gasteiger partial charge in [0.25, 0.3) is 0 Å². The van der Waals surface area contributed by atoms with Gasteiger partial charge < -0.3 is 9.90 Å². The van der Waals surface area contributed by atoms with Gasteiger partial charge in [0.2, 0.25) is 0 Å². The molecule has 0 bridgehead atoms. The second-order valence-corrected chi connectivity index (χ2v) is 4.85. The van der Waals surface area contributed by atoms with Crippen LogP contribution in [-0.4, -0.2) is 5.97 Å². The number of rotatable bonds is 4. The molecule has 0 aliphatic carbocycles. The number of hydrogen-bond donors (Lipinski definition) is 0. The number of carbonyl (C=O) groups is 1. The Bertz CT molecular complexity index is 429. The van der Waals surface area contributed by atoms with E-state index < -0.39 is 5.97 Å². The number of hydrogen-bond acceptors (Lipinski definition) is 2. The lowest BCUT2D eigenvalue weighted by Gasteiger charge is -2.14. The van der Waals surface area contributed by atoms with E-state index in [1.165, 1.54) is 11.1 Å². The summed E-state index contributed by atoms with van der Waals surface area (Å²) < 4.78 is 0. The monoisotopic (exact) mass is 231 g/mol. The molecule has 0 saturated heterocycles. The van der Waals surface area contributed by atoms with Crippen molar-refractivity contribution < 1.29 is 9.90 Å².